The van der Waals surface area contributed by atoms with Crippen LogP contribution in [0.5, 0.6) is 11.5 Å². The Morgan fingerprint density at radius 3 is 2.85 bits per heavy atom. The maximum atomic E-state index is 13.1. The lowest BCUT2D eigenvalue weighted by atomic mass is 10.2. The zero-order chi connectivity index (χ0) is 18.5. The van der Waals surface area contributed by atoms with Crippen LogP contribution < -0.4 is 14.8 Å². The van der Waals surface area contributed by atoms with Crippen LogP contribution in [0.1, 0.15) is 11.1 Å². The summed E-state index contributed by atoms with van der Waals surface area (Å²) in [6.45, 7) is 0.646. The van der Waals surface area contributed by atoms with E-state index in [1.807, 2.05) is 12.1 Å². The number of H-pyrrole nitrogens is 1. The van der Waals surface area contributed by atoms with E-state index >= 15 is 0 Å². The van der Waals surface area contributed by atoms with Crippen LogP contribution in [0.4, 0.5) is 10.3 Å². The van der Waals surface area contributed by atoms with Crippen molar-refractivity contribution in [3.8, 4) is 11.5 Å². The first kappa shape index (κ1) is 18.4. The van der Waals surface area contributed by atoms with Gasteiger partial charge in [0.25, 0.3) is 5.95 Å². The average molecular weight is 443 g/mol. The standard InChI is InChI=1S/C16H14BrClFN5O2/c1-25-14-5-9(7-20-16-21-23-24-22-16)4-12(17)15(14)26-8-10-2-3-11(19)6-13(10)18/h2-6H,7-8H2,1H3,(H2,20,21,22,23,24). The summed E-state index contributed by atoms with van der Waals surface area (Å²) < 4.78 is 25.1. The highest BCUT2D eigenvalue weighted by Crippen LogP contribution is 2.37. The van der Waals surface area contributed by atoms with Gasteiger partial charge in [0.2, 0.25) is 0 Å². The minimum atomic E-state index is -0.393. The number of methoxy groups -OCH3 is 1. The highest BCUT2D eigenvalue weighted by Gasteiger charge is 2.13. The van der Waals surface area contributed by atoms with Gasteiger partial charge in [-0.1, -0.05) is 22.8 Å². The van der Waals surface area contributed by atoms with E-state index in [0.29, 0.717) is 39.1 Å². The zero-order valence-corrected chi connectivity index (χ0v) is 15.9. The lowest BCUT2D eigenvalue weighted by Gasteiger charge is -2.15. The lowest BCUT2D eigenvalue weighted by molar-refractivity contribution is 0.282. The van der Waals surface area contributed by atoms with Gasteiger partial charge in [-0.3, -0.25) is 0 Å². The minimum Gasteiger partial charge on any atom is -0.493 e. The monoisotopic (exact) mass is 441 g/mol. The van der Waals surface area contributed by atoms with Crippen LogP contribution in [0.2, 0.25) is 5.02 Å². The topological polar surface area (TPSA) is 85.0 Å². The third kappa shape index (κ3) is 4.41. The number of hydrogen-bond donors (Lipinski definition) is 2. The molecule has 0 amide bonds. The van der Waals surface area contributed by atoms with Crippen molar-refractivity contribution >= 4 is 33.5 Å². The van der Waals surface area contributed by atoms with Crippen LogP contribution in [0, 0.1) is 5.82 Å². The molecule has 7 nitrogen and oxygen atoms in total. The molecule has 3 aromatic rings. The molecule has 1 aromatic heterocycles. The largest absolute Gasteiger partial charge is 0.493 e. The minimum absolute atomic E-state index is 0.175. The number of aromatic nitrogens is 4. The summed E-state index contributed by atoms with van der Waals surface area (Å²) in [5.74, 6) is 1.07. The first-order chi connectivity index (χ1) is 12.6. The number of benzene rings is 2. The molecule has 1 heterocycles. The van der Waals surface area contributed by atoms with Crippen molar-refractivity contribution in [2.24, 2.45) is 0 Å². The summed E-state index contributed by atoms with van der Waals surface area (Å²) in [6.07, 6.45) is 0. The Bertz CT molecular complexity index is 895. The van der Waals surface area contributed by atoms with Crippen molar-refractivity contribution in [2.45, 2.75) is 13.2 Å². The predicted octanol–water partition coefficient (Wildman–Crippen LogP) is 3.95. The third-order valence-corrected chi connectivity index (χ3v) is 4.41. The normalized spacial score (nSPS) is 10.6. The molecule has 136 valence electrons. The second-order valence-electron chi connectivity index (χ2n) is 5.22. The van der Waals surface area contributed by atoms with Crippen molar-refractivity contribution in [3.63, 3.8) is 0 Å². The number of rotatable bonds is 7. The summed E-state index contributed by atoms with van der Waals surface area (Å²) >= 11 is 9.52. The van der Waals surface area contributed by atoms with Crippen molar-refractivity contribution in [2.75, 3.05) is 12.4 Å². The Kier molecular flexibility index (Phi) is 5.89. The molecular weight excluding hydrogens is 429 g/mol. The fourth-order valence-electron chi connectivity index (χ4n) is 2.22. The van der Waals surface area contributed by atoms with Gasteiger partial charge in [-0.15, -0.1) is 5.10 Å². The first-order valence-electron chi connectivity index (χ1n) is 7.47. The molecule has 0 saturated heterocycles. The average Bonchev–Trinajstić information content (AvgIpc) is 3.13. The maximum Gasteiger partial charge on any atom is 0.263 e. The summed E-state index contributed by atoms with van der Waals surface area (Å²) in [4.78, 5) is 0. The fourth-order valence-corrected chi connectivity index (χ4v) is 3.05. The molecule has 0 saturated carbocycles. The van der Waals surface area contributed by atoms with E-state index in [2.05, 4.69) is 41.9 Å². The molecule has 0 atom stereocenters. The molecular formula is C16H14BrClFN5O2. The van der Waals surface area contributed by atoms with Crippen LogP contribution in [0.15, 0.2) is 34.8 Å². The van der Waals surface area contributed by atoms with Crippen LogP contribution in [-0.2, 0) is 13.2 Å². The fraction of sp³-hybridized carbons (Fsp3) is 0.188. The number of anilines is 1. The summed E-state index contributed by atoms with van der Waals surface area (Å²) in [6, 6.07) is 7.89. The third-order valence-electron chi connectivity index (χ3n) is 3.47. The summed E-state index contributed by atoms with van der Waals surface area (Å²) in [5, 5.41) is 16.8. The Hall–Kier alpha value is -2.39. The molecule has 0 unspecified atom stereocenters. The van der Waals surface area contributed by atoms with Crippen molar-refractivity contribution in [1.82, 2.24) is 20.6 Å². The molecule has 0 spiro atoms. The van der Waals surface area contributed by atoms with Gasteiger partial charge >= 0.3 is 0 Å². The lowest BCUT2D eigenvalue weighted by Crippen LogP contribution is -2.04. The Labute approximate surface area is 162 Å². The number of halogens is 3. The number of hydrogen-bond acceptors (Lipinski definition) is 6. The molecule has 0 fully saturated rings. The van der Waals surface area contributed by atoms with Gasteiger partial charge < -0.3 is 14.8 Å². The predicted molar refractivity (Wildman–Crippen MR) is 97.9 cm³/mol. The Morgan fingerprint density at radius 1 is 1.31 bits per heavy atom. The molecule has 2 N–H and O–H groups in total. The molecule has 2 aromatic carbocycles. The molecule has 10 heteroatoms. The molecule has 0 aliphatic heterocycles. The Balaban J connectivity index is 1.74. The second-order valence-corrected chi connectivity index (χ2v) is 6.48. The van der Waals surface area contributed by atoms with Gasteiger partial charge in [-0.2, -0.15) is 5.21 Å². The van der Waals surface area contributed by atoms with E-state index in [1.165, 1.54) is 12.1 Å². The molecule has 3 rings (SSSR count). The van der Waals surface area contributed by atoms with Gasteiger partial charge in [0.05, 0.1) is 16.6 Å². The quantitative estimate of drug-likeness (QED) is 0.576. The molecule has 0 aliphatic rings. The number of ether oxygens (including phenoxy) is 2. The number of aromatic amines is 1. The molecule has 0 bridgehead atoms. The van der Waals surface area contributed by atoms with E-state index in [0.717, 1.165) is 5.56 Å². The van der Waals surface area contributed by atoms with Crippen LogP contribution >= 0.6 is 27.5 Å². The number of nitrogens with zero attached hydrogens (tertiary/aromatic N) is 3. The highest BCUT2D eigenvalue weighted by molar-refractivity contribution is 9.10. The van der Waals surface area contributed by atoms with Gasteiger partial charge in [0.15, 0.2) is 11.5 Å². The van der Waals surface area contributed by atoms with E-state index in [-0.39, 0.29) is 6.61 Å². The van der Waals surface area contributed by atoms with E-state index < -0.39 is 5.82 Å². The SMILES string of the molecule is COc1cc(CNc2nn[nH]n2)cc(Br)c1OCc1ccc(F)cc1Cl. The van der Waals surface area contributed by atoms with Crippen molar-refractivity contribution in [3.05, 3.63) is 56.8 Å². The number of nitrogens with one attached hydrogen (secondary N) is 2. The van der Waals surface area contributed by atoms with Crippen LogP contribution in [0.3, 0.4) is 0 Å². The van der Waals surface area contributed by atoms with Gasteiger partial charge in [0.1, 0.15) is 12.4 Å². The highest BCUT2D eigenvalue weighted by atomic mass is 79.9. The summed E-state index contributed by atoms with van der Waals surface area (Å²) in [5.41, 5.74) is 1.59. The van der Waals surface area contributed by atoms with Crippen molar-refractivity contribution < 1.29 is 13.9 Å². The molecule has 0 radical (unpaired) electrons. The maximum absolute atomic E-state index is 13.1. The van der Waals surface area contributed by atoms with Gasteiger partial charge in [-0.05, 0) is 51.0 Å². The molecule has 0 aliphatic carbocycles. The van der Waals surface area contributed by atoms with Crippen LogP contribution in [-0.4, -0.2) is 27.7 Å². The van der Waals surface area contributed by atoms with Gasteiger partial charge in [-0.25, -0.2) is 4.39 Å². The van der Waals surface area contributed by atoms with Crippen molar-refractivity contribution in [1.29, 1.82) is 0 Å². The molecule has 26 heavy (non-hydrogen) atoms. The van der Waals surface area contributed by atoms with E-state index in [9.17, 15) is 4.39 Å². The van der Waals surface area contributed by atoms with E-state index in [4.69, 9.17) is 21.1 Å². The zero-order valence-electron chi connectivity index (χ0n) is 13.6. The van der Waals surface area contributed by atoms with Gasteiger partial charge in [0, 0.05) is 12.1 Å². The number of tetrazole rings is 1. The smallest absolute Gasteiger partial charge is 0.263 e. The Morgan fingerprint density at radius 2 is 2.15 bits per heavy atom. The second kappa shape index (κ2) is 8.33. The van der Waals surface area contributed by atoms with Crippen LogP contribution in [0.25, 0.3) is 0 Å². The van der Waals surface area contributed by atoms with E-state index in [1.54, 1.807) is 13.2 Å². The summed E-state index contributed by atoms with van der Waals surface area (Å²) in [7, 11) is 1.55. The first-order valence-corrected chi connectivity index (χ1v) is 8.64.